The summed E-state index contributed by atoms with van der Waals surface area (Å²) in [5.41, 5.74) is 7.99. The molecule has 2 aromatic rings. The molecule has 0 spiro atoms. The van der Waals surface area contributed by atoms with E-state index in [1.54, 1.807) is 11.3 Å². The predicted molar refractivity (Wildman–Crippen MR) is 61.6 cm³/mol. The number of hydrogen-bond donors (Lipinski definition) is 1. The van der Waals surface area contributed by atoms with Crippen LogP contribution < -0.4 is 5.73 Å². The topological polar surface area (TPSA) is 38.9 Å². The fourth-order valence-corrected chi connectivity index (χ4v) is 2.39. The highest BCUT2D eigenvalue weighted by Gasteiger charge is 2.18. The maximum atomic E-state index is 6.01. The van der Waals surface area contributed by atoms with Crippen LogP contribution in [-0.2, 0) is 5.54 Å². The minimum atomic E-state index is -0.336. The second-order valence-electron chi connectivity index (χ2n) is 4.21. The number of benzene rings is 1. The highest BCUT2D eigenvalue weighted by atomic mass is 32.1. The van der Waals surface area contributed by atoms with Gasteiger partial charge in [0.05, 0.1) is 15.8 Å². The summed E-state index contributed by atoms with van der Waals surface area (Å²) in [5.74, 6) is 0. The van der Waals surface area contributed by atoms with Crippen molar-refractivity contribution in [3.8, 4) is 0 Å². The smallest absolute Gasteiger partial charge is 0.113 e. The van der Waals surface area contributed by atoms with Gasteiger partial charge in [-0.3, -0.25) is 0 Å². The van der Waals surface area contributed by atoms with E-state index in [4.69, 9.17) is 5.73 Å². The summed E-state index contributed by atoms with van der Waals surface area (Å²) in [6.07, 6.45) is 0. The predicted octanol–water partition coefficient (Wildman–Crippen LogP) is 2.80. The van der Waals surface area contributed by atoms with Gasteiger partial charge in [0.2, 0.25) is 0 Å². The van der Waals surface area contributed by atoms with Crippen LogP contribution in [-0.4, -0.2) is 4.98 Å². The van der Waals surface area contributed by atoms with Crippen LogP contribution in [0.5, 0.6) is 0 Å². The standard InChI is InChI=1S/C11H14N2S/c1-7-4-5-8-9(6-7)14-10(13-8)11(2,3)12/h4-6H,12H2,1-3H3. The Morgan fingerprint density at radius 3 is 2.71 bits per heavy atom. The van der Waals surface area contributed by atoms with Crippen molar-refractivity contribution in [3.05, 3.63) is 28.8 Å². The van der Waals surface area contributed by atoms with Crippen LogP contribution in [0.3, 0.4) is 0 Å². The Morgan fingerprint density at radius 1 is 1.36 bits per heavy atom. The first kappa shape index (κ1) is 9.62. The van der Waals surface area contributed by atoms with Crippen molar-refractivity contribution < 1.29 is 0 Å². The van der Waals surface area contributed by atoms with Gasteiger partial charge in [0.15, 0.2) is 0 Å². The van der Waals surface area contributed by atoms with Gasteiger partial charge in [-0.05, 0) is 38.5 Å². The highest BCUT2D eigenvalue weighted by Crippen LogP contribution is 2.28. The molecule has 1 aromatic carbocycles. The van der Waals surface area contributed by atoms with E-state index in [2.05, 4.69) is 30.1 Å². The Labute approximate surface area is 87.8 Å². The molecule has 0 fully saturated rings. The summed E-state index contributed by atoms with van der Waals surface area (Å²) in [4.78, 5) is 4.52. The Hall–Kier alpha value is -0.930. The lowest BCUT2D eigenvalue weighted by Gasteiger charge is -2.13. The Kier molecular flexibility index (Phi) is 2.09. The second-order valence-corrected chi connectivity index (χ2v) is 5.24. The summed E-state index contributed by atoms with van der Waals surface area (Å²) in [7, 11) is 0. The lowest BCUT2D eigenvalue weighted by molar-refractivity contribution is 0.551. The molecule has 0 amide bonds. The monoisotopic (exact) mass is 206 g/mol. The number of rotatable bonds is 1. The molecule has 0 radical (unpaired) electrons. The molecular formula is C11H14N2S. The van der Waals surface area contributed by atoms with Gasteiger partial charge < -0.3 is 5.73 Å². The number of fused-ring (bicyclic) bond motifs is 1. The van der Waals surface area contributed by atoms with Gasteiger partial charge in [0.1, 0.15) is 5.01 Å². The van der Waals surface area contributed by atoms with Crippen molar-refractivity contribution in [3.63, 3.8) is 0 Å². The van der Waals surface area contributed by atoms with Crippen LogP contribution >= 0.6 is 11.3 Å². The van der Waals surface area contributed by atoms with Crippen LogP contribution in [0.1, 0.15) is 24.4 Å². The molecule has 0 atom stereocenters. The lowest BCUT2D eigenvalue weighted by atomic mass is 10.1. The molecule has 0 aliphatic carbocycles. The van der Waals surface area contributed by atoms with E-state index < -0.39 is 0 Å². The molecule has 1 aromatic heterocycles. The van der Waals surface area contributed by atoms with Gasteiger partial charge in [0, 0.05) is 0 Å². The van der Waals surface area contributed by atoms with Crippen LogP contribution in [0.15, 0.2) is 18.2 Å². The largest absolute Gasteiger partial charge is 0.320 e. The van der Waals surface area contributed by atoms with Gasteiger partial charge in [-0.15, -0.1) is 11.3 Å². The highest BCUT2D eigenvalue weighted by molar-refractivity contribution is 7.18. The molecule has 0 saturated heterocycles. The van der Waals surface area contributed by atoms with Crippen LogP contribution in [0, 0.1) is 6.92 Å². The first-order chi connectivity index (χ1) is 6.47. The van der Waals surface area contributed by atoms with Gasteiger partial charge in [-0.1, -0.05) is 6.07 Å². The average molecular weight is 206 g/mol. The molecule has 74 valence electrons. The molecular weight excluding hydrogens is 192 g/mol. The van der Waals surface area contributed by atoms with Gasteiger partial charge in [-0.2, -0.15) is 0 Å². The Morgan fingerprint density at radius 2 is 2.07 bits per heavy atom. The molecule has 0 aliphatic heterocycles. The van der Waals surface area contributed by atoms with Crippen molar-refractivity contribution in [2.75, 3.05) is 0 Å². The number of nitrogens with zero attached hydrogens (tertiary/aromatic N) is 1. The second kappa shape index (κ2) is 3.04. The summed E-state index contributed by atoms with van der Waals surface area (Å²) in [6, 6.07) is 6.29. The summed E-state index contributed by atoms with van der Waals surface area (Å²) in [6.45, 7) is 6.06. The lowest BCUT2D eigenvalue weighted by Crippen LogP contribution is -2.28. The molecule has 2 nitrogen and oxygen atoms in total. The molecule has 2 N–H and O–H groups in total. The molecule has 0 aliphatic rings. The fraction of sp³-hybridized carbons (Fsp3) is 0.364. The zero-order chi connectivity index (χ0) is 10.3. The van der Waals surface area contributed by atoms with Gasteiger partial charge in [-0.25, -0.2) is 4.98 Å². The SMILES string of the molecule is Cc1ccc2nc(C(C)(C)N)sc2c1. The molecule has 0 saturated carbocycles. The minimum absolute atomic E-state index is 0.336. The summed E-state index contributed by atoms with van der Waals surface area (Å²) < 4.78 is 1.22. The van der Waals surface area contributed by atoms with Crippen molar-refractivity contribution in [2.45, 2.75) is 26.3 Å². The number of nitrogens with two attached hydrogens (primary N) is 1. The first-order valence-electron chi connectivity index (χ1n) is 4.63. The van der Waals surface area contributed by atoms with E-state index in [0.29, 0.717) is 0 Å². The Balaban J connectivity index is 2.63. The molecule has 14 heavy (non-hydrogen) atoms. The third-order valence-corrected chi connectivity index (χ3v) is 3.45. The molecule has 2 rings (SSSR count). The number of aryl methyl sites for hydroxylation is 1. The third kappa shape index (κ3) is 1.65. The van der Waals surface area contributed by atoms with Gasteiger partial charge >= 0.3 is 0 Å². The summed E-state index contributed by atoms with van der Waals surface area (Å²) >= 11 is 1.68. The van der Waals surface area contributed by atoms with Crippen molar-refractivity contribution in [1.29, 1.82) is 0 Å². The van der Waals surface area contributed by atoms with Gasteiger partial charge in [0.25, 0.3) is 0 Å². The third-order valence-electron chi connectivity index (χ3n) is 2.10. The van der Waals surface area contributed by atoms with E-state index in [9.17, 15) is 0 Å². The van der Waals surface area contributed by atoms with Crippen molar-refractivity contribution in [2.24, 2.45) is 5.73 Å². The van der Waals surface area contributed by atoms with E-state index in [-0.39, 0.29) is 5.54 Å². The van der Waals surface area contributed by atoms with E-state index in [1.807, 2.05) is 13.8 Å². The normalized spacial score (nSPS) is 12.3. The van der Waals surface area contributed by atoms with E-state index in [1.165, 1.54) is 10.3 Å². The number of hydrogen-bond acceptors (Lipinski definition) is 3. The van der Waals surface area contributed by atoms with Crippen LogP contribution in [0.4, 0.5) is 0 Å². The molecule has 3 heteroatoms. The van der Waals surface area contributed by atoms with Crippen molar-refractivity contribution in [1.82, 2.24) is 4.98 Å². The zero-order valence-electron chi connectivity index (χ0n) is 8.66. The van der Waals surface area contributed by atoms with E-state index >= 15 is 0 Å². The average Bonchev–Trinajstić information content (AvgIpc) is 2.45. The zero-order valence-corrected chi connectivity index (χ0v) is 9.48. The van der Waals surface area contributed by atoms with Crippen LogP contribution in [0.25, 0.3) is 10.2 Å². The minimum Gasteiger partial charge on any atom is -0.320 e. The molecule has 1 heterocycles. The fourth-order valence-electron chi connectivity index (χ4n) is 1.31. The molecule has 0 unspecified atom stereocenters. The quantitative estimate of drug-likeness (QED) is 0.779. The number of aromatic nitrogens is 1. The maximum Gasteiger partial charge on any atom is 0.113 e. The summed E-state index contributed by atoms with van der Waals surface area (Å²) in [5, 5.41) is 0.998. The van der Waals surface area contributed by atoms with Crippen molar-refractivity contribution >= 4 is 21.6 Å². The number of thiazole rings is 1. The Bertz CT molecular complexity index is 466. The van der Waals surface area contributed by atoms with Crippen LogP contribution in [0.2, 0.25) is 0 Å². The van der Waals surface area contributed by atoms with E-state index in [0.717, 1.165) is 10.5 Å². The molecule has 0 bridgehead atoms. The first-order valence-corrected chi connectivity index (χ1v) is 5.45. The maximum absolute atomic E-state index is 6.01.